The van der Waals surface area contributed by atoms with Gasteiger partial charge in [-0.25, -0.2) is 4.79 Å². The summed E-state index contributed by atoms with van der Waals surface area (Å²) >= 11 is 1.36. The van der Waals surface area contributed by atoms with Gasteiger partial charge < -0.3 is 5.11 Å². The van der Waals surface area contributed by atoms with Crippen molar-refractivity contribution in [3.63, 3.8) is 0 Å². The molecule has 1 heterocycles. The summed E-state index contributed by atoms with van der Waals surface area (Å²) in [4.78, 5) is 12.5. The lowest BCUT2D eigenvalue weighted by molar-refractivity contribution is 0.0702. The number of carbonyl (C=O) groups is 1. The van der Waals surface area contributed by atoms with Gasteiger partial charge in [0.05, 0.1) is 0 Å². The predicted molar refractivity (Wildman–Crippen MR) is 84.9 cm³/mol. The topological polar surface area (TPSA) is 37.3 Å². The van der Waals surface area contributed by atoms with Crippen LogP contribution in [0.3, 0.4) is 0 Å². The molecule has 2 nitrogen and oxygen atoms in total. The van der Waals surface area contributed by atoms with Gasteiger partial charge in [0.1, 0.15) is 4.88 Å². The van der Waals surface area contributed by atoms with Gasteiger partial charge in [0.2, 0.25) is 0 Å². The Kier molecular flexibility index (Phi) is 4.29. The minimum absolute atomic E-state index is 0.397. The summed E-state index contributed by atoms with van der Waals surface area (Å²) in [6.07, 6.45) is 0. The first-order valence-corrected chi connectivity index (χ1v) is 7.69. The molecular formula is C17H20O2S. The summed E-state index contributed by atoms with van der Waals surface area (Å²) < 4.78 is 0. The van der Waals surface area contributed by atoms with Crippen molar-refractivity contribution in [2.75, 3.05) is 0 Å². The van der Waals surface area contributed by atoms with Crippen molar-refractivity contribution >= 4 is 17.3 Å². The number of benzene rings is 1. The number of aromatic carboxylic acids is 1. The molecule has 0 fully saturated rings. The van der Waals surface area contributed by atoms with E-state index >= 15 is 0 Å². The molecule has 1 N–H and O–H groups in total. The molecule has 1 aromatic heterocycles. The summed E-state index contributed by atoms with van der Waals surface area (Å²) in [6, 6.07) is 10.0. The maximum atomic E-state index is 11.1. The average molecular weight is 288 g/mol. The second-order valence-corrected chi connectivity index (χ2v) is 6.67. The van der Waals surface area contributed by atoms with E-state index in [0.717, 1.165) is 4.88 Å². The van der Waals surface area contributed by atoms with Crippen molar-refractivity contribution in [3.8, 4) is 10.4 Å². The second-order valence-electron chi connectivity index (χ2n) is 5.59. The summed E-state index contributed by atoms with van der Waals surface area (Å²) in [5.41, 5.74) is 3.79. The minimum atomic E-state index is -0.852. The van der Waals surface area contributed by atoms with Gasteiger partial charge in [0.15, 0.2) is 0 Å². The summed E-state index contributed by atoms with van der Waals surface area (Å²) in [6.45, 7) is 8.70. The Morgan fingerprint density at radius 3 is 1.95 bits per heavy atom. The highest BCUT2D eigenvalue weighted by molar-refractivity contribution is 7.17. The Morgan fingerprint density at radius 2 is 1.55 bits per heavy atom. The lowest BCUT2D eigenvalue weighted by Crippen LogP contribution is -1.98. The van der Waals surface area contributed by atoms with Crippen molar-refractivity contribution < 1.29 is 9.90 Å². The zero-order valence-electron chi connectivity index (χ0n) is 12.3. The quantitative estimate of drug-likeness (QED) is 0.822. The number of carboxylic acid groups (broad SMARTS) is 1. The Hall–Kier alpha value is -1.61. The molecule has 3 heteroatoms. The lowest BCUT2D eigenvalue weighted by atomic mass is 9.88. The number of rotatable bonds is 4. The number of carboxylic acids is 1. The summed E-state index contributed by atoms with van der Waals surface area (Å²) in [5, 5.41) is 9.11. The fourth-order valence-electron chi connectivity index (χ4n) is 2.42. The maximum Gasteiger partial charge on any atom is 0.345 e. The van der Waals surface area contributed by atoms with E-state index < -0.39 is 5.97 Å². The van der Waals surface area contributed by atoms with E-state index in [1.54, 1.807) is 6.07 Å². The zero-order chi connectivity index (χ0) is 14.9. The molecule has 0 saturated heterocycles. The molecule has 0 spiro atoms. The molecule has 20 heavy (non-hydrogen) atoms. The standard InChI is InChI=1S/C17H20O2S/c1-10(2)12-6-5-7-13(11(3)4)16(12)14-8-9-15(20-14)17(18)19/h5-11H,1-4H3,(H,18,19). The molecule has 0 amide bonds. The van der Waals surface area contributed by atoms with Crippen LogP contribution in [0.1, 0.15) is 60.3 Å². The van der Waals surface area contributed by atoms with E-state index in [1.807, 2.05) is 6.07 Å². The second kappa shape index (κ2) is 5.80. The van der Waals surface area contributed by atoms with Gasteiger partial charge in [-0.3, -0.25) is 0 Å². The first-order chi connectivity index (χ1) is 9.41. The van der Waals surface area contributed by atoms with Crippen molar-refractivity contribution in [2.24, 2.45) is 0 Å². The molecule has 0 bridgehead atoms. The molecule has 106 valence electrons. The van der Waals surface area contributed by atoms with Gasteiger partial charge in [-0.2, -0.15) is 0 Å². The molecule has 0 saturated carbocycles. The van der Waals surface area contributed by atoms with Gasteiger partial charge in [-0.1, -0.05) is 45.9 Å². The highest BCUT2D eigenvalue weighted by atomic mass is 32.1. The highest BCUT2D eigenvalue weighted by Gasteiger charge is 2.18. The van der Waals surface area contributed by atoms with Crippen molar-refractivity contribution in [1.82, 2.24) is 0 Å². The van der Waals surface area contributed by atoms with Crippen LogP contribution in [-0.4, -0.2) is 11.1 Å². The monoisotopic (exact) mass is 288 g/mol. The molecule has 0 radical (unpaired) electrons. The van der Waals surface area contributed by atoms with Crippen LogP contribution in [0.5, 0.6) is 0 Å². The number of hydrogen-bond donors (Lipinski definition) is 1. The van der Waals surface area contributed by atoms with E-state index in [9.17, 15) is 4.79 Å². The fraction of sp³-hybridized carbons (Fsp3) is 0.353. The molecule has 2 rings (SSSR count). The molecule has 2 aromatic rings. The Balaban J connectivity index is 2.65. The Bertz CT molecular complexity index is 597. The molecule has 0 aliphatic carbocycles. The van der Waals surface area contributed by atoms with E-state index in [4.69, 9.17) is 5.11 Å². The van der Waals surface area contributed by atoms with Gasteiger partial charge in [0.25, 0.3) is 0 Å². The zero-order valence-corrected chi connectivity index (χ0v) is 13.1. The third-order valence-electron chi connectivity index (χ3n) is 3.44. The molecule has 0 aliphatic heterocycles. The molecule has 1 aromatic carbocycles. The SMILES string of the molecule is CC(C)c1cccc(C(C)C)c1-c1ccc(C(=O)O)s1. The third-order valence-corrected chi connectivity index (χ3v) is 4.53. The van der Waals surface area contributed by atoms with Crippen molar-refractivity contribution in [3.05, 3.63) is 46.3 Å². The van der Waals surface area contributed by atoms with Crippen LogP contribution in [0.4, 0.5) is 0 Å². The predicted octanol–water partition coefficient (Wildman–Crippen LogP) is 5.36. The number of thiophene rings is 1. The normalized spacial score (nSPS) is 11.3. The van der Waals surface area contributed by atoms with E-state index in [2.05, 4.69) is 45.9 Å². The molecule has 0 atom stereocenters. The average Bonchev–Trinajstić information content (AvgIpc) is 2.87. The minimum Gasteiger partial charge on any atom is -0.477 e. The van der Waals surface area contributed by atoms with E-state index in [0.29, 0.717) is 16.7 Å². The van der Waals surface area contributed by atoms with Gasteiger partial charge >= 0.3 is 5.97 Å². The summed E-state index contributed by atoms with van der Waals surface area (Å²) in [7, 11) is 0. The van der Waals surface area contributed by atoms with Gasteiger partial charge in [0, 0.05) is 4.88 Å². The van der Waals surface area contributed by atoms with E-state index in [-0.39, 0.29) is 0 Å². The first-order valence-electron chi connectivity index (χ1n) is 6.88. The fourth-order valence-corrected chi connectivity index (χ4v) is 3.36. The number of hydrogen-bond acceptors (Lipinski definition) is 2. The van der Waals surface area contributed by atoms with Crippen LogP contribution in [0.25, 0.3) is 10.4 Å². The molecule has 0 aliphatic rings. The van der Waals surface area contributed by atoms with Crippen molar-refractivity contribution in [1.29, 1.82) is 0 Å². The van der Waals surface area contributed by atoms with E-state index in [1.165, 1.54) is 28.0 Å². The molecular weight excluding hydrogens is 268 g/mol. The third kappa shape index (κ3) is 2.78. The van der Waals surface area contributed by atoms with Gasteiger partial charge in [-0.05, 0) is 40.7 Å². The smallest absolute Gasteiger partial charge is 0.345 e. The van der Waals surface area contributed by atoms with Crippen LogP contribution in [-0.2, 0) is 0 Å². The van der Waals surface area contributed by atoms with Crippen LogP contribution in [0.2, 0.25) is 0 Å². The van der Waals surface area contributed by atoms with Crippen LogP contribution >= 0.6 is 11.3 Å². The highest BCUT2D eigenvalue weighted by Crippen LogP contribution is 2.39. The Morgan fingerprint density at radius 1 is 1.00 bits per heavy atom. The van der Waals surface area contributed by atoms with Gasteiger partial charge in [-0.15, -0.1) is 11.3 Å². The first kappa shape index (κ1) is 14.8. The Labute approximate surface area is 124 Å². The van der Waals surface area contributed by atoms with Crippen LogP contribution in [0.15, 0.2) is 30.3 Å². The van der Waals surface area contributed by atoms with Crippen LogP contribution < -0.4 is 0 Å². The largest absolute Gasteiger partial charge is 0.477 e. The maximum absolute atomic E-state index is 11.1. The lowest BCUT2D eigenvalue weighted by Gasteiger charge is -2.18. The summed E-state index contributed by atoms with van der Waals surface area (Å²) in [5.74, 6) is -0.0208. The van der Waals surface area contributed by atoms with Crippen molar-refractivity contribution in [2.45, 2.75) is 39.5 Å². The van der Waals surface area contributed by atoms with Crippen LogP contribution in [0, 0.1) is 0 Å². The molecule has 0 unspecified atom stereocenters.